The van der Waals surface area contributed by atoms with Crippen LogP contribution in [0.1, 0.15) is 5.56 Å². The van der Waals surface area contributed by atoms with Crippen LogP contribution in [0, 0.1) is 6.92 Å². The molecule has 0 bridgehead atoms. The quantitative estimate of drug-likeness (QED) is 0.464. The Bertz CT molecular complexity index is 1340. The lowest BCUT2D eigenvalue weighted by Gasteiger charge is -2.28. The normalized spacial score (nSPS) is 16.0. The summed E-state index contributed by atoms with van der Waals surface area (Å²) < 4.78 is 18.0. The first-order valence-corrected chi connectivity index (χ1v) is 11.0. The van der Waals surface area contributed by atoms with Crippen molar-refractivity contribution < 1.29 is 14.2 Å². The number of nitrogens with zero attached hydrogens (tertiary/aromatic N) is 6. The summed E-state index contributed by atoms with van der Waals surface area (Å²) >= 11 is 0. The van der Waals surface area contributed by atoms with Crippen LogP contribution in [0.25, 0.3) is 16.6 Å². The van der Waals surface area contributed by atoms with Crippen LogP contribution in [0.15, 0.2) is 60.8 Å². The topological polar surface area (TPSA) is 77.2 Å². The molecule has 9 heteroatoms. The van der Waals surface area contributed by atoms with E-state index in [1.807, 2.05) is 17.0 Å². The molecule has 0 aliphatic carbocycles. The molecule has 0 radical (unpaired) electrons. The molecule has 0 saturated carbocycles. The van der Waals surface area contributed by atoms with Crippen molar-refractivity contribution in [2.75, 3.05) is 49.4 Å². The number of aryl methyl sites for hydroxylation is 1. The van der Waals surface area contributed by atoms with Gasteiger partial charge in [0.05, 0.1) is 25.3 Å². The maximum absolute atomic E-state index is 5.58. The minimum absolute atomic E-state index is 0.232. The van der Waals surface area contributed by atoms with Gasteiger partial charge in [0, 0.05) is 29.9 Å². The Morgan fingerprint density at radius 2 is 2.00 bits per heavy atom. The highest BCUT2D eigenvalue weighted by Gasteiger charge is 2.21. The number of rotatable bonds is 5. The van der Waals surface area contributed by atoms with Gasteiger partial charge >= 0.3 is 0 Å². The summed E-state index contributed by atoms with van der Waals surface area (Å²) in [7, 11) is 0. The minimum Gasteiger partial charge on any atom is -0.462 e. The molecule has 4 aromatic rings. The van der Waals surface area contributed by atoms with Gasteiger partial charge in [-0.2, -0.15) is 9.50 Å². The van der Waals surface area contributed by atoms with Crippen LogP contribution >= 0.6 is 0 Å². The maximum Gasteiger partial charge on any atom is 0.250 e. The summed E-state index contributed by atoms with van der Waals surface area (Å²) in [5.74, 6) is 1.30. The van der Waals surface area contributed by atoms with Crippen molar-refractivity contribution in [2.45, 2.75) is 6.92 Å². The zero-order valence-electron chi connectivity index (χ0n) is 18.3. The fourth-order valence-electron chi connectivity index (χ4n) is 4.22. The van der Waals surface area contributed by atoms with Crippen LogP contribution in [0.3, 0.4) is 0 Å². The number of benzene rings is 2. The molecule has 9 nitrogen and oxygen atoms in total. The van der Waals surface area contributed by atoms with E-state index in [-0.39, 0.29) is 6.79 Å². The molecule has 0 N–H and O–H groups in total. The minimum atomic E-state index is 0.232. The predicted molar refractivity (Wildman–Crippen MR) is 125 cm³/mol. The molecule has 0 unspecified atom stereocenters. The van der Waals surface area contributed by atoms with Gasteiger partial charge in [-0.05, 0) is 42.8 Å². The van der Waals surface area contributed by atoms with E-state index >= 15 is 0 Å². The van der Waals surface area contributed by atoms with Gasteiger partial charge in [0.15, 0.2) is 11.4 Å². The summed E-state index contributed by atoms with van der Waals surface area (Å²) in [5, 5.41) is 5.70. The average molecular weight is 444 g/mol. The molecule has 168 valence electrons. The molecule has 0 spiro atoms. The third-order valence-corrected chi connectivity index (χ3v) is 5.92. The number of fused-ring (bicyclic) bond motifs is 3. The van der Waals surface area contributed by atoms with E-state index in [0.717, 1.165) is 65.6 Å². The Morgan fingerprint density at radius 3 is 2.82 bits per heavy atom. The van der Waals surface area contributed by atoms with Crippen molar-refractivity contribution in [1.82, 2.24) is 19.6 Å². The lowest BCUT2D eigenvalue weighted by atomic mass is 10.2. The highest BCUT2D eigenvalue weighted by Crippen LogP contribution is 2.29. The number of aromatic nitrogens is 4. The Labute approximate surface area is 190 Å². The number of hydrogen-bond acceptors (Lipinski definition) is 8. The first-order valence-electron chi connectivity index (χ1n) is 11.0. The van der Waals surface area contributed by atoms with Crippen LogP contribution in [0.5, 0.6) is 0 Å². The predicted octanol–water partition coefficient (Wildman–Crippen LogP) is 3.41. The smallest absolute Gasteiger partial charge is 0.250 e. The largest absolute Gasteiger partial charge is 0.462 e. The fourth-order valence-corrected chi connectivity index (χ4v) is 4.22. The molecule has 1 saturated heterocycles. The van der Waals surface area contributed by atoms with Crippen molar-refractivity contribution >= 4 is 33.9 Å². The molecule has 1 fully saturated rings. The highest BCUT2D eigenvalue weighted by atomic mass is 16.7. The molecule has 0 atom stereocenters. The van der Waals surface area contributed by atoms with Crippen molar-refractivity contribution in [3.05, 3.63) is 66.4 Å². The maximum atomic E-state index is 5.58. The Morgan fingerprint density at radius 1 is 1.09 bits per heavy atom. The third-order valence-electron chi connectivity index (χ3n) is 5.92. The summed E-state index contributed by atoms with van der Waals surface area (Å²) in [4.78, 5) is 13.9. The Balaban J connectivity index is 1.41. The second-order valence-corrected chi connectivity index (χ2v) is 8.16. The lowest BCUT2D eigenvalue weighted by molar-refractivity contribution is 0.0800. The average Bonchev–Trinajstić information content (AvgIpc) is 3.52. The van der Waals surface area contributed by atoms with E-state index in [4.69, 9.17) is 24.3 Å². The first-order chi connectivity index (χ1) is 16.2. The van der Waals surface area contributed by atoms with Crippen molar-refractivity contribution in [3.8, 4) is 0 Å². The summed E-state index contributed by atoms with van der Waals surface area (Å²) in [6.07, 6.45) is 3.36. The molecule has 4 heterocycles. The van der Waals surface area contributed by atoms with Gasteiger partial charge in [0.25, 0.3) is 5.95 Å². The summed E-state index contributed by atoms with van der Waals surface area (Å²) in [6, 6.07) is 14.6. The third kappa shape index (κ3) is 3.80. The molecule has 0 amide bonds. The second kappa shape index (κ2) is 8.25. The standard InChI is InChI=1S/C24H24N6O3/c1-17-3-2-4-19(11-17)29(13-20-14-32-16-33-20)24-26-23-21-6-5-18(28-7-9-31-10-8-28)12-22(21)25-15-30(23)27-24/h2-6,11-12,14-15H,7-10,13,16H2,1H3. The van der Waals surface area contributed by atoms with Crippen LogP contribution in [0.4, 0.5) is 17.3 Å². The molecule has 2 aromatic heterocycles. The van der Waals surface area contributed by atoms with Crippen molar-refractivity contribution in [1.29, 1.82) is 0 Å². The molecule has 33 heavy (non-hydrogen) atoms. The van der Waals surface area contributed by atoms with Gasteiger partial charge in [-0.25, -0.2) is 4.98 Å². The number of morpholine rings is 1. The lowest BCUT2D eigenvalue weighted by Crippen LogP contribution is -2.36. The van der Waals surface area contributed by atoms with Gasteiger partial charge in [-0.15, -0.1) is 5.10 Å². The number of hydrogen-bond donors (Lipinski definition) is 0. The molecule has 6 rings (SSSR count). The molecule has 2 aromatic carbocycles. The van der Waals surface area contributed by atoms with Crippen molar-refractivity contribution in [3.63, 3.8) is 0 Å². The molecular formula is C24H24N6O3. The van der Waals surface area contributed by atoms with E-state index in [9.17, 15) is 0 Å². The van der Waals surface area contributed by atoms with Crippen LogP contribution < -0.4 is 9.80 Å². The van der Waals surface area contributed by atoms with E-state index in [2.05, 4.69) is 47.1 Å². The molecule has 2 aliphatic heterocycles. The van der Waals surface area contributed by atoms with E-state index in [1.54, 1.807) is 17.1 Å². The van der Waals surface area contributed by atoms with E-state index < -0.39 is 0 Å². The number of anilines is 3. The van der Waals surface area contributed by atoms with Gasteiger partial charge in [-0.3, -0.25) is 0 Å². The monoisotopic (exact) mass is 444 g/mol. The van der Waals surface area contributed by atoms with Crippen molar-refractivity contribution in [2.24, 2.45) is 0 Å². The zero-order valence-corrected chi connectivity index (χ0v) is 18.3. The summed E-state index contributed by atoms with van der Waals surface area (Å²) in [6.45, 7) is 6.03. The van der Waals surface area contributed by atoms with Gasteiger partial charge in [0.2, 0.25) is 6.79 Å². The number of ether oxygens (including phenoxy) is 3. The molecular weight excluding hydrogens is 420 g/mol. The van der Waals surface area contributed by atoms with E-state index in [0.29, 0.717) is 12.5 Å². The first kappa shape index (κ1) is 19.8. The SMILES string of the molecule is Cc1cccc(N(CC2=COCO2)c2nc3c4ccc(N5CCOCC5)cc4ncn3n2)c1. The Kier molecular flexibility index (Phi) is 4.95. The van der Waals surface area contributed by atoms with Gasteiger partial charge in [-0.1, -0.05) is 12.1 Å². The van der Waals surface area contributed by atoms with Crippen LogP contribution in [-0.4, -0.2) is 59.2 Å². The summed E-state index contributed by atoms with van der Waals surface area (Å²) in [5.41, 5.74) is 4.94. The van der Waals surface area contributed by atoms with Gasteiger partial charge < -0.3 is 24.0 Å². The highest BCUT2D eigenvalue weighted by molar-refractivity contribution is 5.93. The van der Waals surface area contributed by atoms with E-state index in [1.165, 1.54) is 0 Å². The van der Waals surface area contributed by atoms with Gasteiger partial charge in [0.1, 0.15) is 12.6 Å². The zero-order chi connectivity index (χ0) is 22.2. The molecule has 2 aliphatic rings. The van der Waals surface area contributed by atoms with Crippen LogP contribution in [0.2, 0.25) is 0 Å². The Hall–Kier alpha value is -3.85. The fraction of sp³-hybridized carbons (Fsp3) is 0.292. The van der Waals surface area contributed by atoms with Crippen LogP contribution in [-0.2, 0) is 14.2 Å². The second-order valence-electron chi connectivity index (χ2n) is 8.16.